The topological polar surface area (TPSA) is 62.5 Å². The predicted molar refractivity (Wildman–Crippen MR) is 100 cm³/mol. The van der Waals surface area contributed by atoms with E-state index in [4.69, 9.17) is 4.42 Å². The quantitative estimate of drug-likeness (QED) is 0.726. The van der Waals surface area contributed by atoms with Gasteiger partial charge in [-0.3, -0.25) is 4.79 Å². The summed E-state index contributed by atoms with van der Waals surface area (Å²) in [7, 11) is 0. The first-order valence-electron chi connectivity index (χ1n) is 9.02. The standard InChI is InChI=1S/C20H22N4O2/c1-15(16-7-3-2-4-8-16)19(25)23-11-6-12-24(14-13-23)20-22-17-9-5-10-21-18(17)26-20/h2-5,7-10,15H,6,11-14H2,1H3/t15-/m0/s1. The maximum absolute atomic E-state index is 12.9. The molecule has 26 heavy (non-hydrogen) atoms. The number of fused-ring (bicyclic) bond motifs is 1. The molecule has 0 radical (unpaired) electrons. The van der Waals surface area contributed by atoms with Crippen molar-refractivity contribution in [1.82, 2.24) is 14.9 Å². The van der Waals surface area contributed by atoms with Crippen molar-refractivity contribution in [2.24, 2.45) is 0 Å². The number of amides is 1. The van der Waals surface area contributed by atoms with E-state index in [2.05, 4.69) is 14.9 Å². The molecule has 6 nitrogen and oxygen atoms in total. The highest BCUT2D eigenvalue weighted by molar-refractivity contribution is 5.83. The molecule has 6 heteroatoms. The molecule has 3 heterocycles. The predicted octanol–water partition coefficient (Wildman–Crippen LogP) is 3.07. The molecule has 0 spiro atoms. The Balaban J connectivity index is 1.45. The second kappa shape index (κ2) is 7.15. The number of anilines is 1. The van der Waals surface area contributed by atoms with Crippen molar-refractivity contribution in [3.05, 3.63) is 54.2 Å². The second-order valence-electron chi connectivity index (χ2n) is 6.62. The summed E-state index contributed by atoms with van der Waals surface area (Å²) in [6.45, 7) is 4.93. The van der Waals surface area contributed by atoms with Gasteiger partial charge in [-0.1, -0.05) is 30.3 Å². The Bertz CT molecular complexity index is 860. The number of oxazole rings is 1. The van der Waals surface area contributed by atoms with Gasteiger partial charge in [0.05, 0.1) is 5.92 Å². The van der Waals surface area contributed by atoms with Crippen molar-refractivity contribution < 1.29 is 9.21 Å². The monoisotopic (exact) mass is 350 g/mol. The lowest BCUT2D eigenvalue weighted by Gasteiger charge is -2.24. The normalized spacial score (nSPS) is 16.5. The molecule has 3 aromatic rings. The van der Waals surface area contributed by atoms with Gasteiger partial charge in [0.1, 0.15) is 5.52 Å². The fourth-order valence-electron chi connectivity index (χ4n) is 3.38. The van der Waals surface area contributed by atoms with Gasteiger partial charge < -0.3 is 14.2 Å². The minimum Gasteiger partial charge on any atom is -0.404 e. The van der Waals surface area contributed by atoms with Crippen molar-refractivity contribution in [3.8, 4) is 0 Å². The van der Waals surface area contributed by atoms with E-state index in [1.165, 1.54) is 0 Å². The van der Waals surface area contributed by atoms with E-state index < -0.39 is 0 Å². The molecule has 1 amide bonds. The molecule has 1 aromatic carbocycles. The van der Waals surface area contributed by atoms with Crippen LogP contribution in [-0.4, -0.2) is 47.0 Å². The van der Waals surface area contributed by atoms with Crippen LogP contribution in [0, 0.1) is 0 Å². The highest BCUT2D eigenvalue weighted by Gasteiger charge is 2.25. The van der Waals surface area contributed by atoms with E-state index in [-0.39, 0.29) is 11.8 Å². The third-order valence-electron chi connectivity index (χ3n) is 4.90. The number of carbonyl (C=O) groups excluding carboxylic acids is 1. The lowest BCUT2D eigenvalue weighted by Crippen LogP contribution is -2.37. The molecule has 1 atom stereocenters. The first-order chi connectivity index (χ1) is 12.7. The second-order valence-corrected chi connectivity index (χ2v) is 6.62. The minimum absolute atomic E-state index is 0.128. The van der Waals surface area contributed by atoms with Gasteiger partial charge in [0, 0.05) is 32.4 Å². The van der Waals surface area contributed by atoms with Crippen molar-refractivity contribution in [1.29, 1.82) is 0 Å². The minimum atomic E-state index is -0.128. The molecule has 2 aromatic heterocycles. The summed E-state index contributed by atoms with van der Waals surface area (Å²) >= 11 is 0. The fourth-order valence-corrected chi connectivity index (χ4v) is 3.38. The third kappa shape index (κ3) is 3.27. The molecule has 0 bridgehead atoms. The van der Waals surface area contributed by atoms with Gasteiger partial charge in [0.25, 0.3) is 6.01 Å². The molecule has 4 rings (SSSR count). The van der Waals surface area contributed by atoms with Crippen LogP contribution >= 0.6 is 0 Å². The number of nitrogens with zero attached hydrogens (tertiary/aromatic N) is 4. The lowest BCUT2D eigenvalue weighted by molar-refractivity contribution is -0.132. The SMILES string of the molecule is C[C@H](C(=O)N1CCCN(c2nc3cccnc3o2)CC1)c1ccccc1. The van der Waals surface area contributed by atoms with Gasteiger partial charge in [0.2, 0.25) is 11.6 Å². The molecular formula is C20H22N4O2. The van der Waals surface area contributed by atoms with Gasteiger partial charge in [-0.15, -0.1) is 0 Å². The number of aromatic nitrogens is 2. The molecule has 0 unspecified atom stereocenters. The first-order valence-corrected chi connectivity index (χ1v) is 9.02. The Morgan fingerprint density at radius 3 is 2.73 bits per heavy atom. The molecule has 0 saturated carbocycles. The summed E-state index contributed by atoms with van der Waals surface area (Å²) in [5, 5.41) is 0. The zero-order valence-corrected chi connectivity index (χ0v) is 14.8. The maximum Gasteiger partial charge on any atom is 0.299 e. The average molecular weight is 350 g/mol. The van der Waals surface area contributed by atoms with Crippen LogP contribution in [0.4, 0.5) is 6.01 Å². The zero-order valence-electron chi connectivity index (χ0n) is 14.8. The summed E-state index contributed by atoms with van der Waals surface area (Å²) in [6, 6.07) is 14.3. The molecule has 1 aliphatic rings. The summed E-state index contributed by atoms with van der Waals surface area (Å²) < 4.78 is 5.78. The van der Waals surface area contributed by atoms with E-state index in [1.54, 1.807) is 6.20 Å². The van der Waals surface area contributed by atoms with Crippen molar-refractivity contribution >= 4 is 23.2 Å². The van der Waals surface area contributed by atoms with E-state index in [1.807, 2.05) is 54.3 Å². The number of hydrogen-bond donors (Lipinski definition) is 0. The number of carbonyl (C=O) groups is 1. The smallest absolute Gasteiger partial charge is 0.299 e. The number of hydrogen-bond acceptors (Lipinski definition) is 5. The van der Waals surface area contributed by atoms with Crippen LogP contribution < -0.4 is 4.90 Å². The average Bonchev–Trinajstić information content (AvgIpc) is 2.97. The summed E-state index contributed by atoms with van der Waals surface area (Å²) in [5.74, 6) is 0.0496. The van der Waals surface area contributed by atoms with Crippen LogP contribution in [0.1, 0.15) is 24.8 Å². The van der Waals surface area contributed by atoms with Crippen molar-refractivity contribution in [2.45, 2.75) is 19.3 Å². The van der Waals surface area contributed by atoms with Crippen LogP contribution in [0.25, 0.3) is 11.2 Å². The van der Waals surface area contributed by atoms with Gasteiger partial charge in [-0.25, -0.2) is 4.98 Å². The van der Waals surface area contributed by atoms with Gasteiger partial charge in [-0.2, -0.15) is 4.98 Å². The zero-order chi connectivity index (χ0) is 17.9. The van der Waals surface area contributed by atoms with E-state index in [9.17, 15) is 4.79 Å². The van der Waals surface area contributed by atoms with Crippen LogP contribution in [0.15, 0.2) is 53.1 Å². The molecule has 134 valence electrons. The van der Waals surface area contributed by atoms with Crippen molar-refractivity contribution in [3.63, 3.8) is 0 Å². The van der Waals surface area contributed by atoms with Gasteiger partial charge in [0.15, 0.2) is 0 Å². The lowest BCUT2D eigenvalue weighted by atomic mass is 10.00. The van der Waals surface area contributed by atoms with Gasteiger partial charge >= 0.3 is 0 Å². The molecule has 0 aliphatic carbocycles. The summed E-state index contributed by atoms with van der Waals surface area (Å²) in [5.41, 5.74) is 2.37. The highest BCUT2D eigenvalue weighted by Crippen LogP contribution is 2.23. The first kappa shape index (κ1) is 16.6. The van der Waals surface area contributed by atoms with Crippen molar-refractivity contribution in [2.75, 3.05) is 31.1 Å². The largest absolute Gasteiger partial charge is 0.404 e. The number of rotatable bonds is 3. The Hall–Kier alpha value is -2.89. The number of benzene rings is 1. The highest BCUT2D eigenvalue weighted by atomic mass is 16.4. The van der Waals surface area contributed by atoms with Crippen LogP contribution in [0.2, 0.25) is 0 Å². The molecular weight excluding hydrogens is 328 g/mol. The molecule has 1 saturated heterocycles. The Morgan fingerprint density at radius 1 is 1.08 bits per heavy atom. The van der Waals surface area contributed by atoms with E-state index in [0.29, 0.717) is 24.8 Å². The Morgan fingerprint density at radius 2 is 1.92 bits per heavy atom. The molecule has 0 N–H and O–H groups in total. The van der Waals surface area contributed by atoms with Crippen LogP contribution in [-0.2, 0) is 4.79 Å². The van der Waals surface area contributed by atoms with Crippen LogP contribution in [0.3, 0.4) is 0 Å². The third-order valence-corrected chi connectivity index (χ3v) is 4.90. The Labute approximate surface area is 152 Å². The van der Waals surface area contributed by atoms with E-state index >= 15 is 0 Å². The summed E-state index contributed by atoms with van der Waals surface area (Å²) in [6.07, 6.45) is 2.59. The Kier molecular flexibility index (Phi) is 4.56. The fraction of sp³-hybridized carbons (Fsp3) is 0.350. The van der Waals surface area contributed by atoms with Crippen LogP contribution in [0.5, 0.6) is 0 Å². The summed E-state index contributed by atoms with van der Waals surface area (Å²) in [4.78, 5) is 25.7. The maximum atomic E-state index is 12.9. The van der Waals surface area contributed by atoms with E-state index in [0.717, 1.165) is 30.6 Å². The molecule has 1 fully saturated rings. The molecule has 1 aliphatic heterocycles. The van der Waals surface area contributed by atoms with Gasteiger partial charge in [-0.05, 0) is 31.0 Å². The number of pyridine rings is 1.